The number of nitrogens with two attached hydrogens (primary N) is 1. The number of carboxylic acids is 1. The van der Waals surface area contributed by atoms with Crippen molar-refractivity contribution in [1.29, 1.82) is 0 Å². The molecule has 10 heteroatoms. The van der Waals surface area contributed by atoms with Gasteiger partial charge in [0.05, 0.1) is 0 Å². The predicted molar refractivity (Wildman–Crippen MR) is 85.6 cm³/mol. The fraction of sp³-hybridized carbons (Fsp3) is 0.429. The van der Waals surface area contributed by atoms with Gasteiger partial charge in [-0.25, -0.2) is 9.59 Å². The zero-order chi connectivity index (χ0) is 18.7. The van der Waals surface area contributed by atoms with E-state index >= 15 is 0 Å². The molecule has 6 nitrogen and oxygen atoms in total. The van der Waals surface area contributed by atoms with Crippen LogP contribution in [0.15, 0.2) is 22.7 Å². The summed E-state index contributed by atoms with van der Waals surface area (Å²) in [4.78, 5) is 24.0. The summed E-state index contributed by atoms with van der Waals surface area (Å²) in [6, 6.07) is 6.05. The number of carboxylic acid groups (broad SMARTS) is 1. The minimum Gasteiger partial charge on any atom is -0.475 e. The van der Waals surface area contributed by atoms with Gasteiger partial charge < -0.3 is 20.6 Å². The van der Waals surface area contributed by atoms with Gasteiger partial charge in [0.2, 0.25) is 0 Å². The maximum absolute atomic E-state index is 11.6. The molecular weight excluding hydrogens is 395 g/mol. The average molecular weight is 412 g/mol. The monoisotopic (exact) mass is 411 g/mol. The van der Waals surface area contributed by atoms with Crippen LogP contribution in [0.5, 0.6) is 0 Å². The van der Waals surface area contributed by atoms with Crippen molar-refractivity contribution in [2.45, 2.75) is 12.1 Å². The molecule has 0 radical (unpaired) electrons. The van der Waals surface area contributed by atoms with Gasteiger partial charge in [-0.05, 0) is 33.6 Å². The number of alkyl halides is 3. The molecule has 1 aromatic carbocycles. The number of hydrogen-bond acceptors (Lipinski definition) is 3. The molecule has 0 aromatic heterocycles. The summed E-state index contributed by atoms with van der Waals surface area (Å²) in [5.41, 5.74) is 7.72. The number of amides is 2. The summed E-state index contributed by atoms with van der Waals surface area (Å²) >= 11 is 3.44. The van der Waals surface area contributed by atoms with Crippen LogP contribution < -0.4 is 5.73 Å². The van der Waals surface area contributed by atoms with Gasteiger partial charge in [0.1, 0.15) is 0 Å². The molecule has 1 aliphatic heterocycles. The van der Waals surface area contributed by atoms with E-state index in [-0.39, 0.29) is 6.03 Å². The van der Waals surface area contributed by atoms with Crippen molar-refractivity contribution in [2.75, 3.05) is 32.9 Å². The lowest BCUT2D eigenvalue weighted by Gasteiger charge is -2.36. The highest BCUT2D eigenvalue weighted by atomic mass is 79.9. The lowest BCUT2D eigenvalue weighted by Crippen LogP contribution is -2.48. The molecular formula is C14H17BrF3N3O3. The molecule has 0 unspecified atom stereocenters. The number of hydrogen-bond donors (Lipinski definition) is 2. The van der Waals surface area contributed by atoms with Crippen molar-refractivity contribution >= 4 is 33.6 Å². The van der Waals surface area contributed by atoms with Crippen LogP contribution in [0.2, 0.25) is 0 Å². The zero-order valence-corrected chi connectivity index (χ0v) is 14.6. The van der Waals surface area contributed by atoms with Gasteiger partial charge in [-0.2, -0.15) is 13.2 Å². The second kappa shape index (κ2) is 7.73. The highest BCUT2D eigenvalue weighted by molar-refractivity contribution is 9.10. The maximum atomic E-state index is 11.6. The SMILES string of the molecule is CN1CC(c2ccc(N)c(Br)c2)CN(C)C1=O.O=C(O)C(F)(F)F. The molecule has 1 heterocycles. The van der Waals surface area contributed by atoms with Gasteiger partial charge in [0.25, 0.3) is 0 Å². The Kier molecular flexibility index (Phi) is 6.47. The van der Waals surface area contributed by atoms with Crippen LogP contribution in [0, 0.1) is 0 Å². The molecule has 1 saturated heterocycles. The number of likely N-dealkylation sites (N-methyl/N-ethyl adjacent to an activating group) is 2. The number of urea groups is 1. The van der Waals surface area contributed by atoms with E-state index in [1.165, 1.54) is 5.56 Å². The van der Waals surface area contributed by atoms with Gasteiger partial charge in [-0.15, -0.1) is 0 Å². The summed E-state index contributed by atoms with van der Waals surface area (Å²) in [7, 11) is 3.66. The Hall–Kier alpha value is -1.97. The first kappa shape index (κ1) is 20.1. The summed E-state index contributed by atoms with van der Waals surface area (Å²) in [5, 5.41) is 7.12. The first-order valence-electron chi connectivity index (χ1n) is 6.74. The molecule has 24 heavy (non-hydrogen) atoms. The van der Waals surface area contributed by atoms with E-state index in [0.717, 1.165) is 23.2 Å². The summed E-state index contributed by atoms with van der Waals surface area (Å²) in [5.74, 6) is -2.42. The number of anilines is 1. The molecule has 0 aliphatic carbocycles. The lowest BCUT2D eigenvalue weighted by atomic mass is 9.96. The highest BCUT2D eigenvalue weighted by Gasteiger charge is 2.38. The number of nitrogens with zero attached hydrogens (tertiary/aromatic N) is 2. The third kappa shape index (κ3) is 5.29. The van der Waals surface area contributed by atoms with Crippen molar-refractivity contribution in [3.8, 4) is 0 Å². The molecule has 0 spiro atoms. The number of benzene rings is 1. The van der Waals surface area contributed by atoms with Crippen LogP contribution >= 0.6 is 15.9 Å². The van der Waals surface area contributed by atoms with Gasteiger partial charge in [0.15, 0.2) is 0 Å². The van der Waals surface area contributed by atoms with E-state index in [0.29, 0.717) is 5.92 Å². The third-order valence-electron chi connectivity index (χ3n) is 3.38. The van der Waals surface area contributed by atoms with E-state index in [2.05, 4.69) is 15.9 Å². The first-order chi connectivity index (χ1) is 10.9. The fourth-order valence-corrected chi connectivity index (χ4v) is 2.57. The molecule has 2 rings (SSSR count). The molecule has 1 fully saturated rings. The second-order valence-corrected chi connectivity index (χ2v) is 6.18. The predicted octanol–water partition coefficient (Wildman–Crippen LogP) is 2.75. The standard InChI is InChI=1S/C12H16BrN3O.C2HF3O2/c1-15-6-9(7-16(2)12(15)17)8-3-4-11(14)10(13)5-8;3-2(4,5)1(6)7/h3-5,9H,6-7,14H2,1-2H3;(H,6,7). The third-order valence-corrected chi connectivity index (χ3v) is 4.07. The summed E-state index contributed by atoms with van der Waals surface area (Å²) in [6.07, 6.45) is -5.08. The van der Waals surface area contributed by atoms with Crippen molar-refractivity contribution in [3.05, 3.63) is 28.2 Å². The van der Waals surface area contributed by atoms with Crippen molar-refractivity contribution in [3.63, 3.8) is 0 Å². The number of rotatable bonds is 1. The van der Waals surface area contributed by atoms with Crippen LogP contribution in [0.3, 0.4) is 0 Å². The molecule has 134 valence electrons. The van der Waals surface area contributed by atoms with E-state index in [4.69, 9.17) is 15.6 Å². The number of carbonyl (C=O) groups is 2. The highest BCUT2D eigenvalue weighted by Crippen LogP contribution is 2.28. The summed E-state index contributed by atoms with van der Waals surface area (Å²) in [6.45, 7) is 1.50. The average Bonchev–Trinajstić information content (AvgIpc) is 2.46. The topological polar surface area (TPSA) is 86.9 Å². The maximum Gasteiger partial charge on any atom is 0.490 e. The van der Waals surface area contributed by atoms with Crippen molar-refractivity contribution < 1.29 is 27.9 Å². The fourth-order valence-electron chi connectivity index (χ4n) is 2.17. The largest absolute Gasteiger partial charge is 0.490 e. The normalized spacial score (nSPS) is 15.8. The lowest BCUT2D eigenvalue weighted by molar-refractivity contribution is -0.192. The molecule has 3 N–H and O–H groups in total. The van der Waals surface area contributed by atoms with Crippen LogP contribution in [-0.2, 0) is 4.79 Å². The number of halogens is 4. The minimum atomic E-state index is -5.08. The van der Waals surface area contributed by atoms with E-state index in [1.807, 2.05) is 32.3 Å². The van der Waals surface area contributed by atoms with E-state index in [9.17, 15) is 18.0 Å². The minimum absolute atomic E-state index is 0.0794. The van der Waals surface area contributed by atoms with Gasteiger partial charge in [-0.1, -0.05) is 6.07 Å². The van der Waals surface area contributed by atoms with E-state index in [1.54, 1.807) is 9.80 Å². The Morgan fingerprint density at radius 1 is 1.29 bits per heavy atom. The summed E-state index contributed by atoms with van der Waals surface area (Å²) < 4.78 is 32.7. The molecule has 1 aliphatic rings. The van der Waals surface area contributed by atoms with Crippen LogP contribution in [-0.4, -0.2) is 60.3 Å². The first-order valence-corrected chi connectivity index (χ1v) is 7.54. The Bertz CT molecular complexity index is 611. The molecule has 0 atom stereocenters. The smallest absolute Gasteiger partial charge is 0.475 e. The number of aliphatic carboxylic acids is 1. The van der Waals surface area contributed by atoms with Gasteiger partial charge in [0, 0.05) is 43.3 Å². The van der Waals surface area contributed by atoms with Gasteiger partial charge >= 0.3 is 18.2 Å². The Morgan fingerprint density at radius 2 is 1.75 bits per heavy atom. The van der Waals surface area contributed by atoms with E-state index < -0.39 is 12.1 Å². The zero-order valence-electron chi connectivity index (χ0n) is 13.0. The van der Waals surface area contributed by atoms with Crippen LogP contribution in [0.4, 0.5) is 23.7 Å². The number of carbonyl (C=O) groups excluding carboxylic acids is 1. The second-order valence-electron chi connectivity index (χ2n) is 5.32. The van der Waals surface area contributed by atoms with Crippen LogP contribution in [0.25, 0.3) is 0 Å². The molecule has 0 saturated carbocycles. The number of nitrogen functional groups attached to an aromatic ring is 1. The molecule has 0 bridgehead atoms. The van der Waals surface area contributed by atoms with Crippen molar-refractivity contribution in [2.24, 2.45) is 0 Å². The van der Waals surface area contributed by atoms with Gasteiger partial charge in [-0.3, -0.25) is 0 Å². The Labute approximate surface area is 145 Å². The molecule has 1 aromatic rings. The Balaban J connectivity index is 0.000000351. The van der Waals surface area contributed by atoms with Crippen LogP contribution in [0.1, 0.15) is 11.5 Å². The molecule has 2 amide bonds. The van der Waals surface area contributed by atoms with Crippen molar-refractivity contribution in [1.82, 2.24) is 9.80 Å². The quantitative estimate of drug-likeness (QED) is 0.695. The Morgan fingerprint density at radius 3 is 2.12 bits per heavy atom.